The summed E-state index contributed by atoms with van der Waals surface area (Å²) >= 11 is 1.90. The number of benzene rings is 12. The van der Waals surface area contributed by atoms with Crippen molar-refractivity contribution in [3.63, 3.8) is 0 Å². The van der Waals surface area contributed by atoms with E-state index in [1.54, 1.807) is 0 Å². The van der Waals surface area contributed by atoms with E-state index >= 15 is 0 Å². The summed E-state index contributed by atoms with van der Waals surface area (Å²) in [5, 5.41) is 17.4. The molecule has 2 aromatic heterocycles. The predicted octanol–water partition coefficient (Wildman–Crippen LogP) is 18.4. The van der Waals surface area contributed by atoms with E-state index in [2.05, 4.69) is 218 Å². The van der Waals surface area contributed by atoms with Crippen molar-refractivity contribution >= 4 is 107 Å². The van der Waals surface area contributed by atoms with Crippen LogP contribution in [0.2, 0.25) is 0 Å². The van der Waals surface area contributed by atoms with E-state index in [1.165, 1.54) is 119 Å². The van der Waals surface area contributed by atoms with Crippen LogP contribution in [-0.4, -0.2) is 0 Å². The topological polar surface area (TPSA) is 13.1 Å². The van der Waals surface area contributed by atoms with Crippen LogP contribution in [-0.2, 0) is 0 Å². The van der Waals surface area contributed by atoms with Gasteiger partial charge in [0.2, 0.25) is 0 Å². The fourth-order valence-corrected chi connectivity index (χ4v) is 12.1. The average molecular weight is 829 g/mol. The molecule has 0 bridgehead atoms. The van der Waals surface area contributed by atoms with Gasteiger partial charge in [0.05, 0.1) is 0 Å². The number of hydrogen-bond donors (Lipinski definition) is 0. The minimum atomic E-state index is 0.907. The van der Waals surface area contributed by atoms with E-state index in [0.717, 1.165) is 21.9 Å². The molecule has 296 valence electrons. The first-order chi connectivity index (χ1) is 31.7. The second kappa shape index (κ2) is 13.7. The molecule has 14 rings (SSSR count). The van der Waals surface area contributed by atoms with Crippen molar-refractivity contribution in [2.24, 2.45) is 0 Å². The van der Waals surface area contributed by atoms with E-state index in [9.17, 15) is 0 Å². The Bertz CT molecular complexity index is 4130. The Morgan fingerprint density at radius 2 is 0.750 bits per heavy atom. The van der Waals surface area contributed by atoms with Crippen molar-refractivity contribution in [3.05, 3.63) is 218 Å². The molecule has 2 heterocycles. The lowest BCUT2D eigenvalue weighted by Gasteiger charge is -2.18. The molecular weight excluding hydrogens is 793 g/mol. The SMILES string of the molecule is c1ccc(-c2c3ccccc3c(-c3ccc4c(c3)sc3cccc(-c5c6ccccc6c(-c6ccc7oc8cc9ccccc9cc8c7c6)c6ccccc56)c34)c3ccccc23)cc1. The van der Waals surface area contributed by atoms with Crippen LogP contribution in [0.5, 0.6) is 0 Å². The molecule has 0 aliphatic carbocycles. The zero-order valence-corrected chi connectivity index (χ0v) is 35.4. The van der Waals surface area contributed by atoms with Crippen LogP contribution >= 0.6 is 11.3 Å². The predicted molar refractivity (Wildman–Crippen MR) is 276 cm³/mol. The number of thiophene rings is 1. The normalized spacial score (nSPS) is 12.1. The summed E-state index contributed by atoms with van der Waals surface area (Å²) in [7, 11) is 0. The number of hydrogen-bond acceptors (Lipinski definition) is 2. The lowest BCUT2D eigenvalue weighted by atomic mass is 9.84. The van der Waals surface area contributed by atoms with Gasteiger partial charge in [0, 0.05) is 30.9 Å². The fourth-order valence-electron chi connectivity index (χ4n) is 10.9. The van der Waals surface area contributed by atoms with Gasteiger partial charge in [0.1, 0.15) is 11.2 Å². The van der Waals surface area contributed by atoms with Crippen molar-refractivity contribution in [2.75, 3.05) is 0 Å². The Labute approximate surface area is 372 Å². The van der Waals surface area contributed by atoms with Gasteiger partial charge in [-0.25, -0.2) is 0 Å². The average Bonchev–Trinajstić information content (AvgIpc) is 3.91. The maximum Gasteiger partial charge on any atom is 0.136 e. The van der Waals surface area contributed by atoms with Crippen LogP contribution in [0.25, 0.3) is 140 Å². The summed E-state index contributed by atoms with van der Waals surface area (Å²) in [5.74, 6) is 0. The van der Waals surface area contributed by atoms with Gasteiger partial charge in [0.25, 0.3) is 0 Å². The zero-order valence-electron chi connectivity index (χ0n) is 34.6. The highest BCUT2D eigenvalue weighted by Gasteiger charge is 2.22. The third kappa shape index (κ3) is 5.18. The molecule has 64 heavy (non-hydrogen) atoms. The molecule has 0 aliphatic rings. The maximum absolute atomic E-state index is 6.46. The molecular formula is C62H36OS. The Balaban J connectivity index is 0.986. The summed E-state index contributed by atoms with van der Waals surface area (Å²) in [4.78, 5) is 0. The van der Waals surface area contributed by atoms with E-state index in [0.29, 0.717) is 0 Å². The molecule has 0 N–H and O–H groups in total. The highest BCUT2D eigenvalue weighted by atomic mass is 32.1. The lowest BCUT2D eigenvalue weighted by molar-refractivity contribution is 0.669. The molecule has 14 aromatic rings. The van der Waals surface area contributed by atoms with E-state index in [4.69, 9.17) is 4.42 Å². The molecule has 2 heteroatoms. The number of fused-ring (bicyclic) bond motifs is 11. The Morgan fingerprint density at radius 1 is 0.266 bits per heavy atom. The minimum absolute atomic E-state index is 0.907. The standard InChI is InChI=1S/C62H36OS/c1-2-15-37(16-3-1)58-42-19-6-8-21-44(42)60(45-22-9-7-20-43(45)58)41-29-31-50-57(36-41)64-56-28-14-27-51(62(50)56)61-48-25-12-10-23-46(48)59(47-24-11-13-26-49(47)61)40-30-32-54-52(34-40)53-33-38-17-4-5-18-39(38)35-55(53)63-54/h1-36H. The zero-order chi connectivity index (χ0) is 41.9. The van der Waals surface area contributed by atoms with Crippen molar-refractivity contribution in [3.8, 4) is 44.5 Å². The molecule has 0 saturated carbocycles. The van der Waals surface area contributed by atoms with Crippen molar-refractivity contribution in [1.82, 2.24) is 0 Å². The molecule has 0 unspecified atom stereocenters. The molecule has 0 amide bonds. The van der Waals surface area contributed by atoms with Gasteiger partial charge >= 0.3 is 0 Å². The smallest absolute Gasteiger partial charge is 0.136 e. The molecule has 0 spiro atoms. The highest BCUT2D eigenvalue weighted by Crippen LogP contribution is 2.50. The van der Waals surface area contributed by atoms with Crippen LogP contribution < -0.4 is 0 Å². The number of rotatable bonds is 4. The minimum Gasteiger partial charge on any atom is -0.456 e. The largest absolute Gasteiger partial charge is 0.456 e. The Hall–Kier alpha value is -8.04. The van der Waals surface area contributed by atoms with Crippen LogP contribution in [0.1, 0.15) is 0 Å². The quantitative estimate of drug-likeness (QED) is 0.161. The summed E-state index contributed by atoms with van der Waals surface area (Å²) < 4.78 is 9.05. The fraction of sp³-hybridized carbons (Fsp3) is 0. The number of furan rings is 1. The first-order valence-electron chi connectivity index (χ1n) is 22.0. The first-order valence-corrected chi connectivity index (χ1v) is 22.8. The van der Waals surface area contributed by atoms with Gasteiger partial charge in [-0.1, -0.05) is 182 Å². The third-order valence-corrected chi connectivity index (χ3v) is 14.7. The summed E-state index contributed by atoms with van der Waals surface area (Å²) in [6.45, 7) is 0. The van der Waals surface area contributed by atoms with E-state index in [-0.39, 0.29) is 0 Å². The van der Waals surface area contributed by atoms with Crippen LogP contribution in [0.15, 0.2) is 223 Å². The van der Waals surface area contributed by atoms with Gasteiger partial charge in [-0.15, -0.1) is 11.3 Å². The van der Waals surface area contributed by atoms with E-state index in [1.807, 2.05) is 11.3 Å². The Morgan fingerprint density at radius 3 is 1.36 bits per heavy atom. The van der Waals surface area contributed by atoms with Gasteiger partial charge in [-0.3, -0.25) is 0 Å². The van der Waals surface area contributed by atoms with Gasteiger partial charge in [-0.2, -0.15) is 0 Å². The molecule has 12 aromatic carbocycles. The van der Waals surface area contributed by atoms with Gasteiger partial charge in [-0.05, 0) is 135 Å². The molecule has 0 aliphatic heterocycles. The first kappa shape index (κ1) is 35.5. The van der Waals surface area contributed by atoms with Crippen LogP contribution in [0.3, 0.4) is 0 Å². The van der Waals surface area contributed by atoms with Crippen molar-refractivity contribution in [2.45, 2.75) is 0 Å². The lowest BCUT2D eigenvalue weighted by Crippen LogP contribution is -1.91. The van der Waals surface area contributed by atoms with Gasteiger partial charge in [0.15, 0.2) is 0 Å². The summed E-state index contributed by atoms with van der Waals surface area (Å²) in [6.07, 6.45) is 0. The third-order valence-electron chi connectivity index (χ3n) is 13.6. The second-order valence-corrected chi connectivity index (χ2v) is 18.1. The maximum atomic E-state index is 6.46. The second-order valence-electron chi connectivity index (χ2n) is 17.0. The molecule has 0 radical (unpaired) electrons. The van der Waals surface area contributed by atoms with Crippen LogP contribution in [0, 0.1) is 0 Å². The summed E-state index contributed by atoms with van der Waals surface area (Å²) in [5.41, 5.74) is 11.9. The molecule has 0 fully saturated rings. The highest BCUT2D eigenvalue weighted by molar-refractivity contribution is 7.26. The Kier molecular flexibility index (Phi) is 7.63. The molecule has 1 nitrogen and oxygen atoms in total. The molecule has 0 atom stereocenters. The van der Waals surface area contributed by atoms with Gasteiger partial charge < -0.3 is 4.42 Å². The van der Waals surface area contributed by atoms with Crippen LogP contribution in [0.4, 0.5) is 0 Å². The summed E-state index contributed by atoms with van der Waals surface area (Å²) in [6, 6.07) is 80.5. The molecule has 0 saturated heterocycles. The monoisotopic (exact) mass is 828 g/mol. The van der Waals surface area contributed by atoms with Crippen molar-refractivity contribution < 1.29 is 4.42 Å². The van der Waals surface area contributed by atoms with Crippen molar-refractivity contribution in [1.29, 1.82) is 0 Å². The van der Waals surface area contributed by atoms with E-state index < -0.39 is 0 Å².